The molecule has 0 radical (unpaired) electrons. The van der Waals surface area contributed by atoms with E-state index in [9.17, 15) is 4.79 Å². The molecule has 1 aliphatic rings. The lowest BCUT2D eigenvalue weighted by molar-refractivity contribution is -0.131. The summed E-state index contributed by atoms with van der Waals surface area (Å²) in [5.41, 5.74) is 1.03. The van der Waals surface area contributed by atoms with Crippen molar-refractivity contribution in [2.75, 3.05) is 7.05 Å². The average molecular weight is 308 g/mol. The number of rotatable bonds is 3. The molecule has 0 unspecified atom stereocenters. The summed E-state index contributed by atoms with van der Waals surface area (Å²) in [5, 5.41) is 0. The van der Waals surface area contributed by atoms with Crippen LogP contribution in [0.15, 0.2) is 29.0 Å². The van der Waals surface area contributed by atoms with Gasteiger partial charge in [0, 0.05) is 19.2 Å². The van der Waals surface area contributed by atoms with E-state index >= 15 is 0 Å². The van der Waals surface area contributed by atoms with Gasteiger partial charge in [-0.3, -0.25) is 4.79 Å². The molecule has 1 amide bonds. The van der Waals surface area contributed by atoms with Crippen LogP contribution in [0.5, 0.6) is 0 Å². The highest BCUT2D eigenvalue weighted by Gasteiger charge is 2.32. The first-order valence-corrected chi connectivity index (χ1v) is 6.82. The van der Waals surface area contributed by atoms with Crippen molar-refractivity contribution in [1.82, 2.24) is 14.3 Å². The molecule has 0 atom stereocenters. The minimum Gasteiger partial charge on any atom is -0.338 e. The molecule has 94 valence electrons. The Morgan fingerprint density at radius 3 is 3.06 bits per heavy atom. The zero-order chi connectivity index (χ0) is 12.7. The van der Waals surface area contributed by atoms with Gasteiger partial charge in [0.1, 0.15) is 10.4 Å². The number of hydrogen-bond acceptors (Lipinski definition) is 2. The van der Waals surface area contributed by atoms with Gasteiger partial charge in [0.2, 0.25) is 5.91 Å². The van der Waals surface area contributed by atoms with Gasteiger partial charge >= 0.3 is 0 Å². The monoisotopic (exact) mass is 307 g/mol. The molecule has 18 heavy (non-hydrogen) atoms. The van der Waals surface area contributed by atoms with E-state index in [1.165, 1.54) is 0 Å². The number of hydrogen-bond donors (Lipinski definition) is 0. The molecular weight excluding hydrogens is 294 g/mol. The smallest absolute Gasteiger partial charge is 0.225 e. The summed E-state index contributed by atoms with van der Waals surface area (Å²) in [7, 11) is 1.85. The van der Waals surface area contributed by atoms with Crippen LogP contribution in [0.1, 0.15) is 18.7 Å². The fraction of sp³-hybridized carbons (Fsp3) is 0.385. The molecule has 2 aromatic rings. The van der Waals surface area contributed by atoms with Crippen LogP contribution in [0.25, 0.3) is 5.52 Å². The van der Waals surface area contributed by atoms with E-state index in [4.69, 9.17) is 0 Å². The van der Waals surface area contributed by atoms with Gasteiger partial charge in [0.25, 0.3) is 0 Å². The number of amides is 1. The van der Waals surface area contributed by atoms with Gasteiger partial charge in [-0.15, -0.1) is 0 Å². The summed E-state index contributed by atoms with van der Waals surface area (Å²) in [5.74, 6) is 1.37. The number of halogens is 1. The standard InChI is InChI=1S/C13H14BrN3O/c1-16(13(18)9-5-6-9)8-11-15-12(14)10-4-2-3-7-17(10)11/h2-4,7,9H,5-6,8H2,1H3. The maximum atomic E-state index is 11.9. The van der Waals surface area contributed by atoms with E-state index in [1.807, 2.05) is 35.8 Å². The molecular formula is C13H14BrN3O. The third-order valence-electron chi connectivity index (χ3n) is 3.26. The van der Waals surface area contributed by atoms with Crippen LogP contribution < -0.4 is 0 Å². The lowest BCUT2D eigenvalue weighted by atomic mass is 10.3. The Morgan fingerprint density at radius 2 is 2.33 bits per heavy atom. The maximum absolute atomic E-state index is 11.9. The van der Waals surface area contributed by atoms with Crippen molar-refractivity contribution in [2.45, 2.75) is 19.4 Å². The van der Waals surface area contributed by atoms with E-state index in [0.29, 0.717) is 6.54 Å². The van der Waals surface area contributed by atoms with Crippen molar-refractivity contribution in [1.29, 1.82) is 0 Å². The van der Waals surface area contributed by atoms with Crippen LogP contribution >= 0.6 is 15.9 Å². The van der Waals surface area contributed by atoms with Crippen LogP contribution in [0.4, 0.5) is 0 Å². The highest BCUT2D eigenvalue weighted by molar-refractivity contribution is 9.10. The fourth-order valence-corrected chi connectivity index (χ4v) is 2.63. The molecule has 3 rings (SSSR count). The van der Waals surface area contributed by atoms with Crippen LogP contribution in [-0.4, -0.2) is 27.2 Å². The number of nitrogens with zero attached hydrogens (tertiary/aromatic N) is 3. The van der Waals surface area contributed by atoms with Gasteiger partial charge in [0.05, 0.1) is 12.1 Å². The predicted octanol–water partition coefficient (Wildman–Crippen LogP) is 2.47. The highest BCUT2D eigenvalue weighted by atomic mass is 79.9. The van der Waals surface area contributed by atoms with Crippen LogP contribution in [0.3, 0.4) is 0 Å². The van der Waals surface area contributed by atoms with Gasteiger partial charge < -0.3 is 9.30 Å². The van der Waals surface area contributed by atoms with Crippen LogP contribution in [-0.2, 0) is 11.3 Å². The molecule has 1 saturated carbocycles. The van der Waals surface area contributed by atoms with Crippen molar-refractivity contribution < 1.29 is 4.79 Å². The second kappa shape index (κ2) is 4.39. The topological polar surface area (TPSA) is 37.6 Å². The Labute approximate surface area is 114 Å². The average Bonchev–Trinajstić information content (AvgIpc) is 3.17. The number of carbonyl (C=O) groups is 1. The molecule has 2 heterocycles. The molecule has 0 saturated heterocycles. The molecule has 5 heteroatoms. The number of carbonyl (C=O) groups excluding carboxylic acids is 1. The van der Waals surface area contributed by atoms with Crippen LogP contribution in [0, 0.1) is 5.92 Å². The van der Waals surface area contributed by atoms with Gasteiger partial charge in [-0.25, -0.2) is 4.98 Å². The van der Waals surface area contributed by atoms with Gasteiger partial charge in [-0.1, -0.05) is 6.07 Å². The van der Waals surface area contributed by atoms with Gasteiger partial charge in [-0.2, -0.15) is 0 Å². The number of imidazole rings is 1. The fourth-order valence-electron chi connectivity index (χ4n) is 2.10. The molecule has 0 aliphatic heterocycles. The van der Waals surface area contributed by atoms with Crippen molar-refractivity contribution in [3.63, 3.8) is 0 Å². The summed E-state index contributed by atoms with van der Waals surface area (Å²) < 4.78 is 2.84. The zero-order valence-corrected chi connectivity index (χ0v) is 11.7. The lowest BCUT2D eigenvalue weighted by Gasteiger charge is -2.15. The van der Waals surface area contributed by atoms with Crippen molar-refractivity contribution in [3.8, 4) is 0 Å². The Hall–Kier alpha value is -1.36. The van der Waals surface area contributed by atoms with Crippen LogP contribution in [0.2, 0.25) is 0 Å². The third-order valence-corrected chi connectivity index (χ3v) is 3.84. The molecule has 0 spiro atoms. The summed E-state index contributed by atoms with van der Waals surface area (Å²) >= 11 is 3.45. The first kappa shape index (κ1) is 11.7. The van der Waals surface area contributed by atoms with E-state index in [2.05, 4.69) is 20.9 Å². The van der Waals surface area contributed by atoms with Gasteiger partial charge in [-0.05, 0) is 40.9 Å². The third kappa shape index (κ3) is 2.03. The Kier molecular flexibility index (Phi) is 2.86. The SMILES string of the molecule is CN(Cc1nc(Br)c2ccccn12)C(=O)C1CC1. The first-order valence-electron chi connectivity index (χ1n) is 6.03. The Morgan fingerprint density at radius 1 is 1.56 bits per heavy atom. The van der Waals surface area contributed by atoms with E-state index in [1.54, 1.807) is 4.90 Å². The predicted molar refractivity (Wildman–Crippen MR) is 72.1 cm³/mol. The minimum absolute atomic E-state index is 0.235. The second-order valence-electron chi connectivity index (χ2n) is 4.74. The zero-order valence-electron chi connectivity index (χ0n) is 10.1. The van der Waals surface area contributed by atoms with E-state index in [0.717, 1.165) is 28.8 Å². The summed E-state index contributed by atoms with van der Waals surface area (Å²) in [4.78, 5) is 18.2. The molecule has 1 aliphatic carbocycles. The maximum Gasteiger partial charge on any atom is 0.225 e. The van der Waals surface area contributed by atoms with Crippen molar-refractivity contribution in [3.05, 3.63) is 34.8 Å². The highest BCUT2D eigenvalue weighted by Crippen LogP contribution is 2.31. The first-order chi connectivity index (χ1) is 8.66. The largest absolute Gasteiger partial charge is 0.338 e. The Bertz CT molecular complexity index is 603. The summed E-state index contributed by atoms with van der Waals surface area (Å²) in [6.07, 6.45) is 4.04. The number of aromatic nitrogens is 2. The molecule has 4 nitrogen and oxygen atoms in total. The quantitative estimate of drug-likeness (QED) is 0.873. The normalized spacial score (nSPS) is 15.0. The minimum atomic E-state index is 0.235. The number of pyridine rings is 1. The molecule has 0 bridgehead atoms. The summed E-state index contributed by atoms with van der Waals surface area (Å²) in [6, 6.07) is 5.95. The molecule has 2 aromatic heterocycles. The van der Waals surface area contributed by atoms with Crippen molar-refractivity contribution in [2.24, 2.45) is 5.92 Å². The second-order valence-corrected chi connectivity index (χ2v) is 5.49. The Balaban J connectivity index is 1.88. The van der Waals surface area contributed by atoms with Crippen molar-refractivity contribution >= 4 is 27.4 Å². The van der Waals surface area contributed by atoms with E-state index in [-0.39, 0.29) is 11.8 Å². The molecule has 1 fully saturated rings. The molecule has 0 N–H and O–H groups in total. The lowest BCUT2D eigenvalue weighted by Crippen LogP contribution is -2.28. The summed E-state index contributed by atoms with van der Waals surface area (Å²) in [6.45, 7) is 0.548. The molecule has 0 aromatic carbocycles. The van der Waals surface area contributed by atoms with Gasteiger partial charge in [0.15, 0.2) is 0 Å². The van der Waals surface area contributed by atoms with E-state index < -0.39 is 0 Å². The number of fused-ring (bicyclic) bond motifs is 1.